The van der Waals surface area contributed by atoms with Crippen molar-refractivity contribution in [3.8, 4) is 0 Å². The van der Waals surface area contributed by atoms with Gasteiger partial charge in [-0.15, -0.1) is 45.3 Å². The Morgan fingerprint density at radius 1 is 0.171 bits per heavy atom. The molecule has 0 saturated carbocycles. The van der Waals surface area contributed by atoms with Crippen LogP contribution in [-0.4, -0.2) is 0 Å². The van der Waals surface area contributed by atoms with E-state index in [0.717, 1.165) is 89.8 Å². The fraction of sp³-hybridized carbons (Fsp3) is 0.0169. The highest BCUT2D eigenvalue weighted by Crippen LogP contribution is 2.53. The van der Waals surface area contributed by atoms with Crippen molar-refractivity contribution in [1.82, 2.24) is 0 Å². The van der Waals surface area contributed by atoms with Crippen LogP contribution >= 0.6 is 61.3 Å². The van der Waals surface area contributed by atoms with Crippen molar-refractivity contribution in [3.05, 3.63) is 478 Å². The second-order valence-electron chi connectivity index (χ2n) is 31.2. The molecule has 24 rings (SSSR count). The normalized spacial score (nSPS) is 11.2. The number of hydrogen-bond acceptors (Lipinski definition) is 10. The fourth-order valence-corrected chi connectivity index (χ4v) is 22.9. The summed E-state index contributed by atoms with van der Waals surface area (Å²) < 4.78 is 11.3. The van der Waals surface area contributed by atoms with E-state index < -0.39 is 0 Å². The maximum atomic E-state index is 3.83. The Hall–Kier alpha value is -14.9. The van der Waals surface area contributed by atoms with Crippen LogP contribution in [0.3, 0.4) is 0 Å². The molecule has 0 aliphatic heterocycles. The number of rotatable bonds is 17. The Morgan fingerprint density at radius 3 is 0.814 bits per heavy atom. The number of nitrogens with zero attached hydrogens (tertiary/aromatic N) is 5. The minimum absolute atomic E-state index is 0. The summed E-state index contributed by atoms with van der Waals surface area (Å²) in [5.74, 6) is 0. The van der Waals surface area contributed by atoms with E-state index in [1.165, 1.54) is 114 Å². The first-order chi connectivity index (χ1) is 62.9. The molecule has 4 aromatic heterocycles. The molecule has 11 heteroatoms. The van der Waals surface area contributed by atoms with Gasteiger partial charge in [0.1, 0.15) is 0 Å². The van der Waals surface area contributed by atoms with E-state index in [9.17, 15) is 0 Å². The Labute approximate surface area is 776 Å². The van der Waals surface area contributed by atoms with Crippen molar-refractivity contribution in [2.45, 2.75) is 14.9 Å². The van der Waals surface area contributed by atoms with Crippen molar-refractivity contribution < 1.29 is 0 Å². The Balaban J connectivity index is 0.000000136. The Bertz CT molecular complexity index is 8000. The SMILES string of the molecule is Brc1ccc(N(c2ccccc2)c2ccccc2)cc1.C.C.c1ccc(N(c2ccc3c(c2)sc2c(Nc4cccc5c4sc4ccccc45)cccc23)c2cccc3ccccc23)cc1.c1ccc(N(c2ccccc2)c2ccc(N(c3cccc4c3sc3ccccc34)c3cccc4c3sc3cc(N(c5ccccc5)c5cccc6ccccc56)ccc34)cc2)cc1. The molecule has 0 unspecified atom stereocenters. The third kappa shape index (κ3) is 16.0. The highest BCUT2D eigenvalue weighted by Gasteiger charge is 2.26. The predicted octanol–water partition coefficient (Wildman–Crippen LogP) is 38.0. The first-order valence-corrected chi connectivity index (χ1v) is 46.6. The highest BCUT2D eigenvalue weighted by molar-refractivity contribution is 9.10. The van der Waals surface area contributed by atoms with Gasteiger partial charge in [0.25, 0.3) is 0 Å². The molecule has 4 heterocycles. The third-order valence-corrected chi connectivity index (χ3v) is 28.9. The van der Waals surface area contributed by atoms with Gasteiger partial charge in [0.05, 0.1) is 52.9 Å². The van der Waals surface area contributed by atoms with E-state index in [4.69, 9.17) is 0 Å². The van der Waals surface area contributed by atoms with Gasteiger partial charge < -0.3 is 29.8 Å². The second kappa shape index (κ2) is 36.6. The Morgan fingerprint density at radius 2 is 0.419 bits per heavy atom. The molecule has 20 aromatic carbocycles. The van der Waals surface area contributed by atoms with Gasteiger partial charge in [-0.3, -0.25) is 0 Å². The van der Waals surface area contributed by atoms with Gasteiger partial charge in [0, 0.05) is 140 Å². The van der Waals surface area contributed by atoms with E-state index >= 15 is 0 Å². The Kier molecular flexibility index (Phi) is 23.4. The van der Waals surface area contributed by atoms with Gasteiger partial charge >= 0.3 is 0 Å². The van der Waals surface area contributed by atoms with Crippen molar-refractivity contribution in [2.24, 2.45) is 0 Å². The van der Waals surface area contributed by atoms with Crippen LogP contribution in [0.25, 0.3) is 102 Å². The molecule has 0 aliphatic rings. The largest absolute Gasteiger partial charge is 0.353 e. The average Bonchev–Trinajstić information content (AvgIpc) is 1.59. The van der Waals surface area contributed by atoms with Gasteiger partial charge in [-0.2, -0.15) is 0 Å². The highest BCUT2D eigenvalue weighted by atomic mass is 79.9. The van der Waals surface area contributed by atoms with Crippen molar-refractivity contribution in [3.63, 3.8) is 0 Å². The summed E-state index contributed by atoms with van der Waals surface area (Å²) in [6.07, 6.45) is 0. The van der Waals surface area contributed by atoms with E-state index in [1.54, 1.807) is 0 Å². The summed E-state index contributed by atoms with van der Waals surface area (Å²) >= 11 is 10.9. The number of hydrogen-bond donors (Lipinski definition) is 1. The molecule has 6 nitrogen and oxygen atoms in total. The molecular weight excluding hydrogens is 1710 g/mol. The van der Waals surface area contributed by atoms with Gasteiger partial charge in [-0.1, -0.05) is 310 Å². The number of nitrogens with one attached hydrogen (secondary N) is 1. The number of anilines is 17. The van der Waals surface area contributed by atoms with E-state index in [-0.39, 0.29) is 14.9 Å². The van der Waals surface area contributed by atoms with Crippen LogP contribution in [0.15, 0.2) is 478 Å². The zero-order valence-corrected chi connectivity index (χ0v) is 73.6. The summed E-state index contributed by atoms with van der Waals surface area (Å²) in [5.41, 5.74) is 19.4. The summed E-state index contributed by atoms with van der Waals surface area (Å²) in [5, 5.41) is 19.0. The lowest BCUT2D eigenvalue weighted by Gasteiger charge is -2.29. The molecule has 0 radical (unpaired) electrons. The first kappa shape index (κ1) is 82.4. The molecule has 24 aromatic rings. The molecule has 0 atom stereocenters. The smallest absolute Gasteiger partial charge is 0.0640 e. The minimum Gasteiger partial charge on any atom is -0.353 e. The maximum absolute atomic E-state index is 3.83. The number of benzene rings is 20. The summed E-state index contributed by atoms with van der Waals surface area (Å²) in [6, 6.07) is 169. The lowest BCUT2D eigenvalue weighted by atomic mass is 10.1. The van der Waals surface area contributed by atoms with Gasteiger partial charge in [-0.05, 0) is 205 Å². The van der Waals surface area contributed by atoms with E-state index in [0.29, 0.717) is 0 Å². The van der Waals surface area contributed by atoms with Crippen molar-refractivity contribution >= 4 is 260 Å². The second-order valence-corrected chi connectivity index (χ2v) is 36.4. The molecular formula is C118H87BrN6S4. The van der Waals surface area contributed by atoms with Crippen LogP contribution in [0, 0.1) is 0 Å². The molecule has 620 valence electrons. The van der Waals surface area contributed by atoms with Gasteiger partial charge in [0.15, 0.2) is 0 Å². The number of para-hydroxylation sites is 6. The summed E-state index contributed by atoms with van der Waals surface area (Å²) in [6.45, 7) is 0. The lowest BCUT2D eigenvalue weighted by Crippen LogP contribution is -2.12. The van der Waals surface area contributed by atoms with Crippen LogP contribution in [0.5, 0.6) is 0 Å². The number of fused-ring (bicyclic) bond motifs is 14. The quantitative estimate of drug-likeness (QED) is 0.0977. The first-order valence-electron chi connectivity index (χ1n) is 42.5. The summed E-state index contributed by atoms with van der Waals surface area (Å²) in [4.78, 5) is 11.8. The molecule has 0 aliphatic carbocycles. The van der Waals surface area contributed by atoms with Crippen LogP contribution in [-0.2, 0) is 0 Å². The van der Waals surface area contributed by atoms with Gasteiger partial charge in [0.2, 0.25) is 0 Å². The van der Waals surface area contributed by atoms with Crippen LogP contribution in [0.2, 0.25) is 0 Å². The molecule has 0 saturated heterocycles. The molecule has 0 amide bonds. The monoisotopic (exact) mass is 1790 g/mol. The lowest BCUT2D eigenvalue weighted by molar-refractivity contribution is 1.27. The zero-order valence-electron chi connectivity index (χ0n) is 68.8. The average molecular weight is 1800 g/mol. The molecule has 1 N–H and O–H groups in total. The number of halogens is 1. The third-order valence-electron chi connectivity index (χ3n) is 23.6. The molecule has 0 bridgehead atoms. The minimum atomic E-state index is 0. The van der Waals surface area contributed by atoms with Crippen LogP contribution in [0.1, 0.15) is 14.9 Å². The molecule has 0 spiro atoms. The van der Waals surface area contributed by atoms with Crippen molar-refractivity contribution in [2.75, 3.05) is 29.8 Å². The summed E-state index contributed by atoms with van der Waals surface area (Å²) in [7, 11) is 0. The van der Waals surface area contributed by atoms with Gasteiger partial charge in [-0.25, -0.2) is 0 Å². The van der Waals surface area contributed by atoms with Crippen LogP contribution < -0.4 is 29.8 Å². The maximum Gasteiger partial charge on any atom is 0.0640 e. The van der Waals surface area contributed by atoms with E-state index in [2.05, 4.69) is 507 Å². The standard InChI is InChI=1S/C58H39N3S2.C40H26N2S2.C18H14BrN.2CH4/c1-4-19-41(20-5-1)59(42-21-6-2-7-22-42)44-33-35-45(36-34-44)61(53-30-15-27-50-48-26-12-13-32-55(48)62-57(50)53)54-31-16-28-51-49-38-37-46(39-56(49)63-58(51)54)60(43-23-8-3-9-24-43)52-29-14-18-40-17-10-11-25-47(40)52;1-2-13-27(14-3-1)42(36-21-8-12-26-11-4-5-15-29(26)36)28-23-24-31-33-18-10-20-35(40(33)44-38(31)25-28)41-34-19-9-17-32-30-16-6-7-22-37(30)43-39(32)34;19-15-11-13-18(14-12-15)20(16-7-3-1-4-8-16)17-9-5-2-6-10-17;;/h1-39H;1-25,41H;1-14H;2*1H4. The predicted molar refractivity (Wildman–Crippen MR) is 570 cm³/mol. The fourth-order valence-electron chi connectivity index (χ4n) is 17.8. The topological polar surface area (TPSA) is 28.2 Å². The van der Waals surface area contributed by atoms with E-state index in [1.807, 2.05) is 57.5 Å². The number of thiophene rings is 4. The molecule has 0 fully saturated rings. The molecule has 129 heavy (non-hydrogen) atoms. The zero-order chi connectivity index (χ0) is 84.5. The van der Waals surface area contributed by atoms with Crippen molar-refractivity contribution in [1.29, 1.82) is 0 Å². The van der Waals surface area contributed by atoms with Crippen LogP contribution in [0.4, 0.5) is 96.7 Å².